The summed E-state index contributed by atoms with van der Waals surface area (Å²) in [5, 5.41) is 7.85. The van der Waals surface area contributed by atoms with Gasteiger partial charge in [-0.25, -0.2) is 4.79 Å². The van der Waals surface area contributed by atoms with Gasteiger partial charge in [0, 0.05) is 12.7 Å². The third-order valence-corrected chi connectivity index (χ3v) is 2.21. The molecule has 1 aromatic heterocycles. The summed E-state index contributed by atoms with van der Waals surface area (Å²) in [4.78, 5) is 27.0. The molecule has 0 radical (unpaired) electrons. The first-order chi connectivity index (χ1) is 8.63. The van der Waals surface area contributed by atoms with E-state index in [2.05, 4.69) is 20.9 Å². The molecule has 0 aliphatic rings. The number of anilines is 1. The van der Waals surface area contributed by atoms with Crippen molar-refractivity contribution in [1.29, 1.82) is 0 Å². The zero-order chi connectivity index (χ0) is 13.4. The summed E-state index contributed by atoms with van der Waals surface area (Å²) in [5.74, 6) is -0.196. The van der Waals surface area contributed by atoms with Gasteiger partial charge in [-0.3, -0.25) is 9.78 Å². The van der Waals surface area contributed by atoms with Gasteiger partial charge in [0.1, 0.15) is 6.04 Å². The van der Waals surface area contributed by atoms with Crippen LogP contribution in [0.5, 0.6) is 0 Å². The van der Waals surface area contributed by atoms with E-state index in [1.807, 2.05) is 6.92 Å². The number of pyridine rings is 1. The molecule has 1 heterocycles. The van der Waals surface area contributed by atoms with Crippen LogP contribution in [0, 0.1) is 0 Å². The second-order valence-electron chi connectivity index (χ2n) is 3.85. The van der Waals surface area contributed by atoms with Crippen LogP contribution in [0.2, 0.25) is 0 Å². The number of nitrogens with one attached hydrogen (secondary N) is 3. The van der Waals surface area contributed by atoms with Gasteiger partial charge in [-0.05, 0) is 25.5 Å². The summed E-state index contributed by atoms with van der Waals surface area (Å²) in [7, 11) is 0. The van der Waals surface area contributed by atoms with Gasteiger partial charge in [0.05, 0.1) is 11.9 Å². The molecule has 3 N–H and O–H groups in total. The predicted octanol–water partition coefficient (Wildman–Crippen LogP) is 1.12. The van der Waals surface area contributed by atoms with E-state index in [0.717, 1.165) is 6.42 Å². The third kappa shape index (κ3) is 4.82. The number of hydrogen-bond acceptors (Lipinski definition) is 3. The Labute approximate surface area is 106 Å². The highest BCUT2D eigenvalue weighted by Gasteiger charge is 2.14. The van der Waals surface area contributed by atoms with Crippen LogP contribution in [-0.4, -0.2) is 29.5 Å². The molecule has 3 amide bonds. The Balaban J connectivity index is 2.38. The molecule has 0 aliphatic heterocycles. The summed E-state index contributed by atoms with van der Waals surface area (Å²) in [6.45, 7) is 4.20. The van der Waals surface area contributed by atoms with Gasteiger partial charge in [0.25, 0.3) is 0 Å². The van der Waals surface area contributed by atoms with E-state index < -0.39 is 12.1 Å². The Bertz CT molecular complexity index is 394. The minimum atomic E-state index is -0.576. The molecule has 1 rings (SSSR count). The van der Waals surface area contributed by atoms with Crippen molar-refractivity contribution in [3.63, 3.8) is 0 Å². The fourth-order valence-corrected chi connectivity index (χ4v) is 1.27. The van der Waals surface area contributed by atoms with E-state index in [-0.39, 0.29) is 5.91 Å². The SMILES string of the molecule is CCCNC(=O)C(C)NC(=O)Nc1cccnc1. The second kappa shape index (κ2) is 7.26. The van der Waals surface area contributed by atoms with Crippen LogP contribution in [0.4, 0.5) is 10.5 Å². The number of carbonyl (C=O) groups is 2. The van der Waals surface area contributed by atoms with Crippen LogP contribution in [0.3, 0.4) is 0 Å². The monoisotopic (exact) mass is 250 g/mol. The fraction of sp³-hybridized carbons (Fsp3) is 0.417. The highest BCUT2D eigenvalue weighted by molar-refractivity contribution is 5.93. The number of rotatable bonds is 5. The average molecular weight is 250 g/mol. The zero-order valence-electron chi connectivity index (χ0n) is 10.6. The largest absolute Gasteiger partial charge is 0.354 e. The molecule has 1 aromatic rings. The van der Waals surface area contributed by atoms with Gasteiger partial charge in [-0.2, -0.15) is 0 Å². The van der Waals surface area contributed by atoms with Gasteiger partial charge in [-0.1, -0.05) is 6.92 Å². The first-order valence-corrected chi connectivity index (χ1v) is 5.88. The van der Waals surface area contributed by atoms with Crippen molar-refractivity contribution in [1.82, 2.24) is 15.6 Å². The molecular formula is C12H18N4O2. The van der Waals surface area contributed by atoms with Gasteiger partial charge in [0.2, 0.25) is 5.91 Å². The second-order valence-corrected chi connectivity index (χ2v) is 3.85. The average Bonchev–Trinajstić information content (AvgIpc) is 2.36. The number of hydrogen-bond donors (Lipinski definition) is 3. The lowest BCUT2D eigenvalue weighted by Crippen LogP contribution is -2.46. The van der Waals surface area contributed by atoms with Crippen LogP contribution in [-0.2, 0) is 4.79 Å². The molecule has 98 valence electrons. The summed E-state index contributed by atoms with van der Waals surface area (Å²) in [5.41, 5.74) is 0.580. The van der Waals surface area contributed by atoms with Crippen molar-refractivity contribution in [2.45, 2.75) is 26.3 Å². The lowest BCUT2D eigenvalue weighted by atomic mass is 10.3. The van der Waals surface area contributed by atoms with Crippen molar-refractivity contribution in [2.75, 3.05) is 11.9 Å². The van der Waals surface area contributed by atoms with Crippen molar-refractivity contribution >= 4 is 17.6 Å². The molecule has 0 spiro atoms. The van der Waals surface area contributed by atoms with E-state index in [4.69, 9.17) is 0 Å². The number of aromatic nitrogens is 1. The van der Waals surface area contributed by atoms with Crippen molar-refractivity contribution in [3.8, 4) is 0 Å². The van der Waals surface area contributed by atoms with E-state index in [0.29, 0.717) is 12.2 Å². The maximum Gasteiger partial charge on any atom is 0.319 e. The molecule has 1 atom stereocenters. The van der Waals surface area contributed by atoms with Crippen LogP contribution in [0.1, 0.15) is 20.3 Å². The molecular weight excluding hydrogens is 232 g/mol. The first kappa shape index (κ1) is 14.0. The molecule has 1 unspecified atom stereocenters. The Morgan fingerprint density at radius 3 is 2.83 bits per heavy atom. The van der Waals surface area contributed by atoms with Gasteiger partial charge >= 0.3 is 6.03 Å². The first-order valence-electron chi connectivity index (χ1n) is 5.88. The van der Waals surface area contributed by atoms with Crippen LogP contribution in [0.15, 0.2) is 24.5 Å². The molecule has 18 heavy (non-hydrogen) atoms. The Morgan fingerprint density at radius 2 is 2.22 bits per heavy atom. The van der Waals surface area contributed by atoms with Crippen LogP contribution in [0.25, 0.3) is 0 Å². The van der Waals surface area contributed by atoms with Crippen LogP contribution >= 0.6 is 0 Å². The standard InChI is InChI=1S/C12H18N4O2/c1-3-6-14-11(17)9(2)15-12(18)16-10-5-4-7-13-8-10/h4-5,7-9H,3,6H2,1-2H3,(H,14,17)(H2,15,16,18). The molecule has 0 saturated carbocycles. The molecule has 6 nitrogen and oxygen atoms in total. The number of urea groups is 1. The number of nitrogens with zero attached hydrogens (tertiary/aromatic N) is 1. The lowest BCUT2D eigenvalue weighted by Gasteiger charge is -2.14. The smallest absolute Gasteiger partial charge is 0.319 e. The Hall–Kier alpha value is -2.11. The summed E-state index contributed by atoms with van der Waals surface area (Å²) in [6.07, 6.45) is 4.01. The highest BCUT2D eigenvalue weighted by atomic mass is 16.2. The highest BCUT2D eigenvalue weighted by Crippen LogP contribution is 2.01. The van der Waals surface area contributed by atoms with E-state index >= 15 is 0 Å². The summed E-state index contributed by atoms with van der Waals surface area (Å²) in [6, 6.07) is 2.43. The molecule has 0 bridgehead atoms. The van der Waals surface area contributed by atoms with Crippen LogP contribution < -0.4 is 16.0 Å². The van der Waals surface area contributed by atoms with E-state index in [1.54, 1.807) is 25.3 Å². The minimum Gasteiger partial charge on any atom is -0.354 e. The summed E-state index contributed by atoms with van der Waals surface area (Å²) < 4.78 is 0. The normalized spacial score (nSPS) is 11.4. The minimum absolute atomic E-state index is 0.196. The van der Waals surface area contributed by atoms with E-state index in [9.17, 15) is 9.59 Å². The van der Waals surface area contributed by atoms with Crippen molar-refractivity contribution in [3.05, 3.63) is 24.5 Å². The van der Waals surface area contributed by atoms with Gasteiger partial charge in [0.15, 0.2) is 0 Å². The van der Waals surface area contributed by atoms with Gasteiger partial charge < -0.3 is 16.0 Å². The quantitative estimate of drug-likeness (QED) is 0.732. The fourth-order valence-electron chi connectivity index (χ4n) is 1.27. The molecule has 0 saturated heterocycles. The zero-order valence-corrected chi connectivity index (χ0v) is 10.6. The number of carbonyl (C=O) groups excluding carboxylic acids is 2. The van der Waals surface area contributed by atoms with Crippen molar-refractivity contribution in [2.24, 2.45) is 0 Å². The Morgan fingerprint density at radius 1 is 1.44 bits per heavy atom. The summed E-state index contributed by atoms with van der Waals surface area (Å²) >= 11 is 0. The van der Waals surface area contributed by atoms with Crippen molar-refractivity contribution < 1.29 is 9.59 Å². The third-order valence-electron chi connectivity index (χ3n) is 2.21. The lowest BCUT2D eigenvalue weighted by molar-refractivity contribution is -0.122. The molecule has 6 heteroatoms. The maximum absolute atomic E-state index is 11.6. The molecule has 0 fully saturated rings. The topological polar surface area (TPSA) is 83.1 Å². The molecule has 0 aliphatic carbocycles. The van der Waals surface area contributed by atoms with E-state index in [1.165, 1.54) is 6.20 Å². The predicted molar refractivity (Wildman–Crippen MR) is 69.2 cm³/mol. The van der Waals surface area contributed by atoms with Gasteiger partial charge in [-0.15, -0.1) is 0 Å². The molecule has 0 aromatic carbocycles. The number of amides is 3. The maximum atomic E-state index is 11.6. The Kier molecular flexibility index (Phi) is 5.63.